The van der Waals surface area contributed by atoms with Crippen molar-refractivity contribution in [2.75, 3.05) is 11.9 Å². The Labute approximate surface area is 82.3 Å². The molecule has 0 spiro atoms. The highest BCUT2D eigenvalue weighted by molar-refractivity contribution is 5.83. The number of amides is 1. The van der Waals surface area contributed by atoms with Crippen molar-refractivity contribution >= 4 is 11.9 Å². The van der Waals surface area contributed by atoms with E-state index < -0.39 is 18.9 Å². The van der Waals surface area contributed by atoms with E-state index in [1.54, 1.807) is 0 Å². The fraction of sp³-hybridized carbons (Fsp3) is 0.286. The smallest absolute Gasteiger partial charge is 0.422 e. The van der Waals surface area contributed by atoms with Crippen molar-refractivity contribution in [3.05, 3.63) is 18.3 Å². The zero-order valence-electron chi connectivity index (χ0n) is 7.28. The van der Waals surface area contributed by atoms with E-state index in [1.165, 1.54) is 18.3 Å². The van der Waals surface area contributed by atoms with Gasteiger partial charge in [-0.05, 0) is 12.1 Å². The number of hydrogen-bond donors (Lipinski definition) is 1. The van der Waals surface area contributed by atoms with Crippen LogP contribution in [0.4, 0.5) is 23.8 Å². The van der Waals surface area contributed by atoms with Gasteiger partial charge in [0, 0.05) is 6.20 Å². The first-order valence-electron chi connectivity index (χ1n) is 3.75. The number of hydrogen-bond acceptors (Lipinski definition) is 4. The molecule has 0 radical (unpaired) electrons. The Balaban J connectivity index is 2.38. The molecule has 0 aliphatic heterocycles. The highest BCUT2D eigenvalue weighted by Gasteiger charge is 2.29. The molecule has 0 bridgehead atoms. The first kappa shape index (κ1) is 11.2. The first-order valence-corrected chi connectivity index (χ1v) is 3.75. The number of anilines is 1. The average molecular weight is 221 g/mol. The topological polar surface area (TPSA) is 64.1 Å². The summed E-state index contributed by atoms with van der Waals surface area (Å²) in [5.74, 6) is 0.0182. The summed E-state index contributed by atoms with van der Waals surface area (Å²) in [5.41, 5.74) is 0. The van der Waals surface area contributed by atoms with Crippen LogP contribution >= 0.6 is 0 Å². The molecule has 0 unspecified atom stereocenters. The van der Waals surface area contributed by atoms with E-state index in [1.807, 2.05) is 5.32 Å². The standard InChI is InChI=1S/C7H6F3N3O2/c8-7(9,10)4-15-6(14)12-5-2-1-3-11-13-5/h1-3H,4H2,(H,12,13,14). The number of carbonyl (C=O) groups excluding carboxylic acids is 1. The van der Waals surface area contributed by atoms with Gasteiger partial charge in [0.2, 0.25) is 0 Å². The number of rotatable bonds is 2. The molecule has 0 atom stereocenters. The van der Waals surface area contributed by atoms with Crippen LogP contribution in [0.15, 0.2) is 18.3 Å². The van der Waals surface area contributed by atoms with Crippen LogP contribution < -0.4 is 5.32 Å². The van der Waals surface area contributed by atoms with Gasteiger partial charge in [-0.3, -0.25) is 5.32 Å². The summed E-state index contributed by atoms with van der Waals surface area (Å²) >= 11 is 0. The van der Waals surface area contributed by atoms with Crippen LogP contribution in [-0.2, 0) is 4.74 Å². The van der Waals surface area contributed by atoms with E-state index in [9.17, 15) is 18.0 Å². The van der Waals surface area contributed by atoms with E-state index in [-0.39, 0.29) is 5.82 Å². The highest BCUT2D eigenvalue weighted by Crippen LogP contribution is 2.14. The van der Waals surface area contributed by atoms with Crippen molar-refractivity contribution in [1.29, 1.82) is 0 Å². The third-order valence-corrected chi connectivity index (χ3v) is 1.17. The Morgan fingerprint density at radius 1 is 1.53 bits per heavy atom. The summed E-state index contributed by atoms with van der Waals surface area (Å²) in [7, 11) is 0. The average Bonchev–Trinajstić information content (AvgIpc) is 2.15. The summed E-state index contributed by atoms with van der Waals surface area (Å²) in [5, 5.41) is 8.80. The molecule has 1 heterocycles. The molecule has 1 N–H and O–H groups in total. The lowest BCUT2D eigenvalue weighted by molar-refractivity contribution is -0.159. The molecular weight excluding hydrogens is 215 g/mol. The van der Waals surface area contributed by atoms with Gasteiger partial charge in [0.25, 0.3) is 0 Å². The van der Waals surface area contributed by atoms with Gasteiger partial charge in [0.05, 0.1) is 0 Å². The zero-order valence-corrected chi connectivity index (χ0v) is 7.28. The normalized spacial score (nSPS) is 10.9. The predicted octanol–water partition coefficient (Wildman–Crippen LogP) is 1.59. The molecule has 15 heavy (non-hydrogen) atoms. The second-order valence-electron chi connectivity index (χ2n) is 2.43. The monoisotopic (exact) mass is 221 g/mol. The van der Waals surface area contributed by atoms with Gasteiger partial charge in [-0.15, -0.1) is 5.10 Å². The van der Waals surface area contributed by atoms with Crippen molar-refractivity contribution in [2.45, 2.75) is 6.18 Å². The van der Waals surface area contributed by atoms with Crippen LogP contribution in [0.25, 0.3) is 0 Å². The van der Waals surface area contributed by atoms with Crippen molar-refractivity contribution in [3.63, 3.8) is 0 Å². The fourth-order valence-corrected chi connectivity index (χ4v) is 0.656. The summed E-state index contributed by atoms with van der Waals surface area (Å²) in [6, 6.07) is 2.83. The van der Waals surface area contributed by atoms with Gasteiger partial charge in [0.1, 0.15) is 0 Å². The van der Waals surface area contributed by atoms with Gasteiger partial charge >= 0.3 is 12.3 Å². The van der Waals surface area contributed by atoms with Crippen molar-refractivity contribution in [2.24, 2.45) is 0 Å². The van der Waals surface area contributed by atoms with Gasteiger partial charge in [0.15, 0.2) is 12.4 Å². The van der Waals surface area contributed by atoms with Crippen molar-refractivity contribution in [3.8, 4) is 0 Å². The second-order valence-corrected chi connectivity index (χ2v) is 2.43. The molecule has 0 saturated carbocycles. The van der Waals surface area contributed by atoms with E-state index in [0.717, 1.165) is 0 Å². The van der Waals surface area contributed by atoms with Crippen LogP contribution in [0.1, 0.15) is 0 Å². The Hall–Kier alpha value is -1.86. The third kappa shape index (κ3) is 4.79. The summed E-state index contributed by atoms with van der Waals surface area (Å²) in [4.78, 5) is 10.8. The van der Waals surface area contributed by atoms with Gasteiger partial charge < -0.3 is 4.74 Å². The zero-order chi connectivity index (χ0) is 11.3. The number of aromatic nitrogens is 2. The van der Waals surface area contributed by atoms with Gasteiger partial charge in [-0.25, -0.2) is 4.79 Å². The van der Waals surface area contributed by atoms with Crippen molar-refractivity contribution in [1.82, 2.24) is 10.2 Å². The van der Waals surface area contributed by atoms with Crippen LogP contribution in [-0.4, -0.2) is 29.1 Å². The van der Waals surface area contributed by atoms with Crippen LogP contribution in [0.5, 0.6) is 0 Å². The number of ether oxygens (including phenoxy) is 1. The lowest BCUT2D eigenvalue weighted by Crippen LogP contribution is -2.23. The Morgan fingerprint density at radius 2 is 2.27 bits per heavy atom. The molecule has 0 aromatic carbocycles. The number of alkyl halides is 3. The Kier molecular flexibility index (Phi) is 3.42. The first-order chi connectivity index (χ1) is 6.97. The molecule has 1 aromatic rings. The van der Waals surface area contributed by atoms with Crippen molar-refractivity contribution < 1.29 is 22.7 Å². The number of halogens is 3. The Bertz CT molecular complexity index is 328. The van der Waals surface area contributed by atoms with E-state index in [4.69, 9.17) is 0 Å². The molecule has 82 valence electrons. The largest absolute Gasteiger partial charge is 0.440 e. The van der Waals surface area contributed by atoms with Gasteiger partial charge in [-0.2, -0.15) is 18.3 Å². The summed E-state index contributed by atoms with van der Waals surface area (Å²) in [6.07, 6.45) is -4.42. The summed E-state index contributed by atoms with van der Waals surface area (Å²) in [6.45, 7) is -1.64. The predicted molar refractivity (Wildman–Crippen MR) is 43.1 cm³/mol. The summed E-state index contributed by atoms with van der Waals surface area (Å²) < 4.78 is 38.7. The molecule has 0 fully saturated rings. The molecular formula is C7H6F3N3O2. The van der Waals surface area contributed by atoms with Gasteiger partial charge in [-0.1, -0.05) is 0 Å². The molecule has 5 nitrogen and oxygen atoms in total. The minimum atomic E-state index is -4.54. The number of nitrogens with one attached hydrogen (secondary N) is 1. The molecule has 8 heteroatoms. The minimum Gasteiger partial charge on any atom is -0.440 e. The van der Waals surface area contributed by atoms with E-state index >= 15 is 0 Å². The highest BCUT2D eigenvalue weighted by atomic mass is 19.4. The number of nitrogens with zero attached hydrogens (tertiary/aromatic N) is 2. The van der Waals surface area contributed by atoms with E-state index in [0.29, 0.717) is 0 Å². The second kappa shape index (κ2) is 4.58. The molecule has 1 rings (SSSR count). The lowest BCUT2D eigenvalue weighted by atomic mass is 10.5. The maximum Gasteiger partial charge on any atom is 0.422 e. The third-order valence-electron chi connectivity index (χ3n) is 1.17. The quantitative estimate of drug-likeness (QED) is 0.823. The lowest BCUT2D eigenvalue weighted by Gasteiger charge is -2.07. The number of carbonyl (C=O) groups is 1. The molecule has 0 aliphatic rings. The molecule has 0 aliphatic carbocycles. The van der Waals surface area contributed by atoms with Crippen LogP contribution in [0.2, 0.25) is 0 Å². The van der Waals surface area contributed by atoms with E-state index in [2.05, 4.69) is 14.9 Å². The SMILES string of the molecule is O=C(Nc1cccnn1)OCC(F)(F)F. The minimum absolute atomic E-state index is 0.0182. The maximum atomic E-state index is 11.6. The van der Waals surface area contributed by atoms with Crippen LogP contribution in [0, 0.1) is 0 Å². The molecule has 1 aromatic heterocycles. The maximum absolute atomic E-state index is 11.6. The molecule has 1 amide bonds. The fourth-order valence-electron chi connectivity index (χ4n) is 0.656. The van der Waals surface area contributed by atoms with Crippen LogP contribution in [0.3, 0.4) is 0 Å². The molecule has 0 saturated heterocycles. The Morgan fingerprint density at radius 3 is 2.80 bits per heavy atom.